The van der Waals surface area contributed by atoms with E-state index in [4.69, 9.17) is 9.47 Å². The van der Waals surface area contributed by atoms with E-state index in [0.29, 0.717) is 41.7 Å². The molecule has 8 nitrogen and oxygen atoms in total. The van der Waals surface area contributed by atoms with E-state index in [1.807, 2.05) is 13.8 Å². The Morgan fingerprint density at radius 2 is 1.64 bits per heavy atom. The number of aromatic amines is 1. The quantitative estimate of drug-likeness (QED) is 0.441. The van der Waals surface area contributed by atoms with Crippen LogP contribution in [0.15, 0.2) is 36.7 Å². The van der Waals surface area contributed by atoms with E-state index in [9.17, 15) is 9.59 Å². The average molecular weight is 451 g/mol. The summed E-state index contributed by atoms with van der Waals surface area (Å²) in [6, 6.07) is 8.70. The normalized spacial score (nSPS) is 14.1. The SMILES string of the molecule is CCOc1cc(NC(=O)C2CCCCC2)c(OCC)cc1NC(=O)c1ccc2nc[nH]c2c1. The van der Waals surface area contributed by atoms with Crippen LogP contribution in [0, 0.1) is 5.92 Å². The number of rotatable bonds is 8. The van der Waals surface area contributed by atoms with Gasteiger partial charge in [-0.25, -0.2) is 4.98 Å². The smallest absolute Gasteiger partial charge is 0.255 e. The van der Waals surface area contributed by atoms with Crippen LogP contribution < -0.4 is 20.1 Å². The minimum atomic E-state index is -0.283. The molecule has 1 aliphatic rings. The fraction of sp³-hybridized carbons (Fsp3) is 0.400. The molecule has 8 heteroatoms. The van der Waals surface area contributed by atoms with E-state index in [1.54, 1.807) is 36.7 Å². The fourth-order valence-electron chi connectivity index (χ4n) is 4.18. The molecule has 3 aromatic rings. The van der Waals surface area contributed by atoms with E-state index in [2.05, 4.69) is 20.6 Å². The maximum absolute atomic E-state index is 13.0. The highest BCUT2D eigenvalue weighted by atomic mass is 16.5. The molecule has 1 fully saturated rings. The van der Waals surface area contributed by atoms with Crippen molar-refractivity contribution in [2.75, 3.05) is 23.8 Å². The standard InChI is InChI=1S/C25H30N4O4/c1-3-32-22-14-21(29-25(31)17-10-11-18-19(12-17)27-15-26-18)23(33-4-2)13-20(22)28-24(30)16-8-6-5-7-9-16/h10-16H,3-9H2,1-2H3,(H,26,27)(H,28,30)(H,29,31). The first kappa shape index (κ1) is 22.6. The number of fused-ring (bicyclic) bond motifs is 1. The molecule has 1 aliphatic carbocycles. The van der Waals surface area contributed by atoms with Crippen LogP contribution in [0.1, 0.15) is 56.3 Å². The molecule has 1 saturated carbocycles. The van der Waals surface area contributed by atoms with Crippen LogP contribution in [0.2, 0.25) is 0 Å². The molecule has 0 spiro atoms. The third-order valence-corrected chi connectivity index (χ3v) is 5.85. The second-order valence-electron chi connectivity index (χ2n) is 8.12. The van der Waals surface area contributed by atoms with Gasteiger partial charge in [0.25, 0.3) is 5.91 Å². The van der Waals surface area contributed by atoms with Gasteiger partial charge in [-0.2, -0.15) is 0 Å². The second kappa shape index (κ2) is 10.4. The lowest BCUT2D eigenvalue weighted by molar-refractivity contribution is -0.120. The van der Waals surface area contributed by atoms with Gasteiger partial charge in [0, 0.05) is 23.6 Å². The van der Waals surface area contributed by atoms with E-state index >= 15 is 0 Å². The number of amides is 2. The summed E-state index contributed by atoms with van der Waals surface area (Å²) in [5.41, 5.74) is 3.09. The van der Waals surface area contributed by atoms with E-state index in [-0.39, 0.29) is 17.7 Å². The molecule has 0 bridgehead atoms. The fourth-order valence-corrected chi connectivity index (χ4v) is 4.18. The highest BCUT2D eigenvalue weighted by Crippen LogP contribution is 2.38. The van der Waals surface area contributed by atoms with Crippen molar-refractivity contribution < 1.29 is 19.1 Å². The van der Waals surface area contributed by atoms with Crippen molar-refractivity contribution in [1.29, 1.82) is 0 Å². The molecule has 2 aromatic carbocycles. The number of hydrogen-bond acceptors (Lipinski definition) is 5. The van der Waals surface area contributed by atoms with Crippen molar-refractivity contribution in [2.45, 2.75) is 46.0 Å². The molecule has 0 atom stereocenters. The Labute approximate surface area is 193 Å². The number of anilines is 2. The first-order valence-corrected chi connectivity index (χ1v) is 11.6. The van der Waals surface area contributed by atoms with Crippen LogP contribution >= 0.6 is 0 Å². The second-order valence-corrected chi connectivity index (χ2v) is 8.12. The van der Waals surface area contributed by atoms with Gasteiger partial charge in [-0.1, -0.05) is 19.3 Å². The van der Waals surface area contributed by atoms with Crippen molar-refractivity contribution >= 4 is 34.2 Å². The summed E-state index contributed by atoms with van der Waals surface area (Å²) in [5.74, 6) is 0.692. The minimum Gasteiger partial charge on any atom is -0.492 e. The number of hydrogen-bond donors (Lipinski definition) is 3. The summed E-state index contributed by atoms with van der Waals surface area (Å²) >= 11 is 0. The molecule has 174 valence electrons. The number of nitrogens with one attached hydrogen (secondary N) is 3. The highest BCUT2D eigenvalue weighted by molar-refractivity contribution is 6.07. The molecule has 0 saturated heterocycles. The molecule has 0 unspecified atom stereocenters. The maximum atomic E-state index is 13.0. The Morgan fingerprint density at radius 1 is 0.970 bits per heavy atom. The summed E-state index contributed by atoms with van der Waals surface area (Å²) < 4.78 is 11.6. The van der Waals surface area contributed by atoms with Crippen molar-refractivity contribution in [3.8, 4) is 11.5 Å². The van der Waals surface area contributed by atoms with Gasteiger partial charge in [0.15, 0.2) is 0 Å². The topological polar surface area (TPSA) is 105 Å². The van der Waals surface area contributed by atoms with E-state index < -0.39 is 0 Å². The number of carbonyl (C=O) groups excluding carboxylic acids is 2. The lowest BCUT2D eigenvalue weighted by Gasteiger charge is -2.22. The zero-order valence-corrected chi connectivity index (χ0v) is 19.1. The van der Waals surface area contributed by atoms with E-state index in [0.717, 1.165) is 36.7 Å². The number of ether oxygens (including phenoxy) is 2. The predicted molar refractivity (Wildman–Crippen MR) is 128 cm³/mol. The number of benzene rings is 2. The van der Waals surface area contributed by atoms with Gasteiger partial charge in [-0.15, -0.1) is 0 Å². The molecule has 0 aliphatic heterocycles. The molecule has 3 N–H and O–H groups in total. The van der Waals surface area contributed by atoms with Crippen LogP contribution in [-0.4, -0.2) is 35.0 Å². The van der Waals surface area contributed by atoms with Gasteiger partial charge in [-0.05, 0) is 44.9 Å². The molecular weight excluding hydrogens is 420 g/mol. The first-order valence-electron chi connectivity index (χ1n) is 11.6. The Hall–Kier alpha value is -3.55. The number of nitrogens with zero attached hydrogens (tertiary/aromatic N) is 1. The molecule has 1 aromatic heterocycles. The summed E-state index contributed by atoms with van der Waals surface area (Å²) in [7, 11) is 0. The average Bonchev–Trinajstić information content (AvgIpc) is 3.30. The Kier molecular flexibility index (Phi) is 7.12. The lowest BCUT2D eigenvalue weighted by Crippen LogP contribution is -2.25. The zero-order chi connectivity index (χ0) is 23.2. The van der Waals surface area contributed by atoms with Crippen LogP contribution in [0.4, 0.5) is 11.4 Å². The van der Waals surface area contributed by atoms with E-state index in [1.165, 1.54) is 6.42 Å². The van der Waals surface area contributed by atoms with Crippen molar-refractivity contribution in [2.24, 2.45) is 5.92 Å². The van der Waals surface area contributed by atoms with Gasteiger partial charge in [0.1, 0.15) is 11.5 Å². The summed E-state index contributed by atoms with van der Waals surface area (Å²) in [5, 5.41) is 5.95. The molecular formula is C25H30N4O4. The molecule has 33 heavy (non-hydrogen) atoms. The van der Waals surface area contributed by atoms with Gasteiger partial charge < -0.3 is 25.1 Å². The van der Waals surface area contributed by atoms with Gasteiger partial charge in [-0.3, -0.25) is 9.59 Å². The van der Waals surface area contributed by atoms with Crippen LogP contribution in [0.25, 0.3) is 11.0 Å². The zero-order valence-electron chi connectivity index (χ0n) is 19.1. The summed E-state index contributed by atoms with van der Waals surface area (Å²) in [6.45, 7) is 4.58. The Balaban J connectivity index is 1.60. The van der Waals surface area contributed by atoms with Gasteiger partial charge >= 0.3 is 0 Å². The van der Waals surface area contributed by atoms with Crippen LogP contribution in [0.3, 0.4) is 0 Å². The molecule has 4 rings (SSSR count). The monoisotopic (exact) mass is 450 g/mol. The highest BCUT2D eigenvalue weighted by Gasteiger charge is 2.23. The Morgan fingerprint density at radius 3 is 2.30 bits per heavy atom. The third-order valence-electron chi connectivity index (χ3n) is 5.85. The first-order chi connectivity index (χ1) is 16.1. The van der Waals surface area contributed by atoms with Crippen LogP contribution in [0.5, 0.6) is 11.5 Å². The summed E-state index contributed by atoms with van der Waals surface area (Å²) in [6.07, 6.45) is 6.75. The van der Waals surface area contributed by atoms with Crippen LogP contribution in [-0.2, 0) is 4.79 Å². The molecule has 1 heterocycles. The van der Waals surface area contributed by atoms with Crippen molar-refractivity contribution in [1.82, 2.24) is 9.97 Å². The predicted octanol–water partition coefficient (Wildman–Crippen LogP) is 5.13. The molecule has 0 radical (unpaired) electrons. The van der Waals surface area contributed by atoms with Gasteiger partial charge in [0.2, 0.25) is 5.91 Å². The number of imidazole rings is 1. The molecule has 2 amide bonds. The largest absolute Gasteiger partial charge is 0.492 e. The number of aromatic nitrogens is 2. The van der Waals surface area contributed by atoms with Crippen molar-refractivity contribution in [3.05, 3.63) is 42.2 Å². The number of carbonyl (C=O) groups is 2. The Bertz CT molecular complexity index is 1130. The van der Waals surface area contributed by atoms with Crippen molar-refractivity contribution in [3.63, 3.8) is 0 Å². The lowest BCUT2D eigenvalue weighted by atomic mass is 9.88. The maximum Gasteiger partial charge on any atom is 0.255 e. The summed E-state index contributed by atoms with van der Waals surface area (Å²) in [4.78, 5) is 33.0. The minimum absolute atomic E-state index is 0.00254. The third kappa shape index (κ3) is 5.27. The number of H-pyrrole nitrogens is 1. The van der Waals surface area contributed by atoms with Gasteiger partial charge in [0.05, 0.1) is 41.9 Å².